The van der Waals surface area contributed by atoms with Crippen molar-refractivity contribution in [2.75, 3.05) is 26.3 Å². The van der Waals surface area contributed by atoms with Crippen molar-refractivity contribution in [3.8, 4) is 0 Å². The number of carbonyl (C=O) groups is 1. The Morgan fingerprint density at radius 2 is 1.89 bits per heavy atom. The third-order valence-electron chi connectivity index (χ3n) is 7.37. The lowest BCUT2D eigenvalue weighted by molar-refractivity contribution is 0.00551. The summed E-state index contributed by atoms with van der Waals surface area (Å²) >= 11 is 3.63. The Morgan fingerprint density at radius 1 is 1.21 bits per heavy atom. The summed E-state index contributed by atoms with van der Waals surface area (Å²) in [6.07, 6.45) is 2.03. The van der Waals surface area contributed by atoms with Crippen molar-refractivity contribution in [2.24, 2.45) is 0 Å². The number of nitrogens with zero attached hydrogens (tertiary/aromatic N) is 3. The second kappa shape index (κ2) is 11.9. The van der Waals surface area contributed by atoms with Gasteiger partial charge in [0.2, 0.25) is 0 Å². The van der Waals surface area contributed by atoms with Crippen molar-refractivity contribution >= 4 is 41.0 Å². The highest BCUT2D eigenvalue weighted by atomic mass is 79.9. The fourth-order valence-electron chi connectivity index (χ4n) is 4.91. The van der Waals surface area contributed by atoms with Crippen LogP contribution in [0.2, 0.25) is 25.7 Å². The number of benzene rings is 2. The van der Waals surface area contributed by atoms with Gasteiger partial charge >= 0.3 is 6.09 Å². The average molecular weight is 607 g/mol. The van der Waals surface area contributed by atoms with Crippen LogP contribution in [0.4, 0.5) is 9.18 Å². The summed E-state index contributed by atoms with van der Waals surface area (Å²) in [5, 5.41) is 15.2. The Hall–Kier alpha value is -2.27. The maximum absolute atomic E-state index is 13.7. The van der Waals surface area contributed by atoms with Gasteiger partial charge in [0.15, 0.2) is 0 Å². The number of rotatable bonds is 10. The maximum Gasteiger partial charge on any atom is 0.407 e. The van der Waals surface area contributed by atoms with E-state index in [0.29, 0.717) is 39.3 Å². The first-order chi connectivity index (χ1) is 18.0. The molecule has 10 heteroatoms. The van der Waals surface area contributed by atoms with E-state index in [1.165, 1.54) is 17.0 Å². The molecule has 2 aromatic carbocycles. The van der Waals surface area contributed by atoms with Crippen LogP contribution >= 0.6 is 15.9 Å². The highest BCUT2D eigenvalue weighted by Crippen LogP contribution is 2.38. The molecular formula is C28H37BrFN3O4Si. The predicted molar refractivity (Wildman–Crippen MR) is 153 cm³/mol. The fourth-order valence-corrected chi connectivity index (χ4v) is 6.16. The molecule has 1 fully saturated rings. The zero-order valence-electron chi connectivity index (χ0n) is 22.5. The van der Waals surface area contributed by atoms with Crippen LogP contribution in [0.1, 0.15) is 37.0 Å². The number of fused-ring (bicyclic) bond motifs is 1. The Morgan fingerprint density at radius 3 is 2.53 bits per heavy atom. The fraction of sp³-hybridized carbons (Fsp3) is 0.500. The van der Waals surface area contributed by atoms with Gasteiger partial charge in [-0.3, -0.25) is 0 Å². The van der Waals surface area contributed by atoms with E-state index < -0.39 is 19.6 Å². The molecule has 3 aromatic rings. The van der Waals surface area contributed by atoms with Crippen LogP contribution in [0.25, 0.3) is 10.9 Å². The summed E-state index contributed by atoms with van der Waals surface area (Å²) in [4.78, 5) is 12.9. The van der Waals surface area contributed by atoms with Crippen LogP contribution in [0, 0.1) is 5.82 Å². The van der Waals surface area contributed by atoms with Crippen LogP contribution in [0.3, 0.4) is 0 Å². The van der Waals surface area contributed by atoms with Crippen molar-refractivity contribution < 1.29 is 23.8 Å². The molecule has 7 nitrogen and oxygen atoms in total. The third-order valence-corrected chi connectivity index (χ3v) is 9.53. The number of aromatic nitrogens is 2. The summed E-state index contributed by atoms with van der Waals surface area (Å²) in [5.74, 6) is -0.294. The minimum Gasteiger partial charge on any atom is -0.465 e. The van der Waals surface area contributed by atoms with Gasteiger partial charge in [-0.05, 0) is 55.6 Å². The number of hydrogen-bond acceptors (Lipinski definition) is 4. The van der Waals surface area contributed by atoms with Gasteiger partial charge in [-0.15, -0.1) is 0 Å². The average Bonchev–Trinajstić information content (AvgIpc) is 3.27. The molecule has 206 valence electrons. The molecule has 1 N–H and O–H groups in total. The van der Waals surface area contributed by atoms with E-state index in [9.17, 15) is 14.3 Å². The van der Waals surface area contributed by atoms with E-state index in [2.05, 4.69) is 35.6 Å². The van der Waals surface area contributed by atoms with Gasteiger partial charge in [-0.2, -0.15) is 5.10 Å². The molecule has 1 aromatic heterocycles. The number of ether oxygens (including phenoxy) is 2. The summed E-state index contributed by atoms with van der Waals surface area (Å²) in [6.45, 7) is 11.4. The van der Waals surface area contributed by atoms with Crippen molar-refractivity contribution in [2.45, 2.75) is 63.7 Å². The molecule has 4 rings (SSSR count). The Labute approximate surface area is 233 Å². The highest BCUT2D eigenvalue weighted by molar-refractivity contribution is 9.10. The van der Waals surface area contributed by atoms with Gasteiger partial charge in [0.1, 0.15) is 12.5 Å². The van der Waals surface area contributed by atoms with Gasteiger partial charge in [0, 0.05) is 54.8 Å². The standard InChI is InChI=1S/C28H37BrFN3O4Si/c1-20(25-16-23(29)15-21-17-33(31-26(21)25)19-36-13-14-38(2,3)4)37-18-28(22-5-7-24(30)8-6-22)9-11-32(12-10-28)27(34)35/h5-8,15-17,20H,9-14,18-19H2,1-4H3,(H,34,35). The zero-order chi connectivity index (χ0) is 27.5. The summed E-state index contributed by atoms with van der Waals surface area (Å²) in [5.41, 5.74) is 2.40. The number of amides is 1. The van der Waals surface area contributed by atoms with E-state index in [0.717, 1.165) is 39.2 Å². The number of hydrogen-bond donors (Lipinski definition) is 1. The SMILES string of the molecule is CC(OCC1(c2ccc(F)cc2)CCN(C(=O)O)CC1)c1cc(Br)cc2cn(COCC[Si](C)(C)C)nc12. The molecule has 38 heavy (non-hydrogen) atoms. The smallest absolute Gasteiger partial charge is 0.407 e. The first-order valence-corrected chi connectivity index (χ1v) is 17.6. The Balaban J connectivity index is 1.51. The molecule has 0 aliphatic carbocycles. The monoisotopic (exact) mass is 605 g/mol. The van der Waals surface area contributed by atoms with Crippen LogP contribution < -0.4 is 0 Å². The van der Waals surface area contributed by atoms with E-state index in [1.54, 1.807) is 12.1 Å². The van der Waals surface area contributed by atoms with Crippen LogP contribution in [0.15, 0.2) is 47.1 Å². The van der Waals surface area contributed by atoms with Crippen molar-refractivity contribution in [1.82, 2.24) is 14.7 Å². The lowest BCUT2D eigenvalue weighted by atomic mass is 9.73. The number of likely N-dealkylation sites (tertiary alicyclic amines) is 1. The molecule has 1 saturated heterocycles. The second-order valence-corrected chi connectivity index (χ2v) is 18.0. The minimum absolute atomic E-state index is 0.263. The number of piperidine rings is 1. The molecule has 1 atom stereocenters. The number of halogens is 2. The topological polar surface area (TPSA) is 76.8 Å². The zero-order valence-corrected chi connectivity index (χ0v) is 25.1. The van der Waals surface area contributed by atoms with Crippen LogP contribution in [0.5, 0.6) is 0 Å². The van der Waals surface area contributed by atoms with E-state index in [1.807, 2.05) is 29.9 Å². The first kappa shape index (κ1) is 28.7. The van der Waals surface area contributed by atoms with Crippen molar-refractivity contribution in [3.05, 3.63) is 64.0 Å². The number of carboxylic acid groups (broad SMARTS) is 1. The van der Waals surface area contributed by atoms with E-state index in [-0.39, 0.29) is 11.9 Å². The molecule has 1 aliphatic rings. The first-order valence-electron chi connectivity index (χ1n) is 13.1. The van der Waals surface area contributed by atoms with Crippen LogP contribution in [-0.2, 0) is 21.6 Å². The quantitative estimate of drug-likeness (QED) is 0.198. The van der Waals surface area contributed by atoms with Gasteiger partial charge in [0.25, 0.3) is 0 Å². The molecule has 0 saturated carbocycles. The second-order valence-electron chi connectivity index (χ2n) is 11.5. The molecule has 0 bridgehead atoms. The normalized spacial score (nSPS) is 16.6. The molecule has 2 heterocycles. The van der Waals surface area contributed by atoms with Crippen molar-refractivity contribution in [1.29, 1.82) is 0 Å². The van der Waals surface area contributed by atoms with Crippen LogP contribution in [-0.4, -0.2) is 60.3 Å². The molecule has 1 amide bonds. The summed E-state index contributed by atoms with van der Waals surface area (Å²) < 4.78 is 28.9. The molecule has 0 radical (unpaired) electrons. The van der Waals surface area contributed by atoms with E-state index >= 15 is 0 Å². The Kier molecular flexibility index (Phi) is 8.96. The summed E-state index contributed by atoms with van der Waals surface area (Å²) in [7, 11) is -1.15. The minimum atomic E-state index is -1.15. The lowest BCUT2D eigenvalue weighted by Gasteiger charge is -2.41. The lowest BCUT2D eigenvalue weighted by Crippen LogP contribution is -2.47. The summed E-state index contributed by atoms with van der Waals surface area (Å²) in [6, 6.07) is 11.7. The van der Waals surface area contributed by atoms with Gasteiger partial charge in [-0.1, -0.05) is 47.7 Å². The van der Waals surface area contributed by atoms with Crippen molar-refractivity contribution in [3.63, 3.8) is 0 Å². The predicted octanol–water partition coefficient (Wildman–Crippen LogP) is 7.04. The largest absolute Gasteiger partial charge is 0.465 e. The van der Waals surface area contributed by atoms with Gasteiger partial charge in [-0.25, -0.2) is 13.9 Å². The molecular weight excluding hydrogens is 569 g/mol. The third kappa shape index (κ3) is 7.02. The van der Waals surface area contributed by atoms with E-state index in [4.69, 9.17) is 14.6 Å². The molecule has 1 unspecified atom stereocenters. The van der Waals surface area contributed by atoms with Gasteiger partial charge < -0.3 is 19.5 Å². The highest BCUT2D eigenvalue weighted by Gasteiger charge is 2.38. The molecule has 1 aliphatic heterocycles. The van der Waals surface area contributed by atoms with Gasteiger partial charge in [0.05, 0.1) is 18.2 Å². The maximum atomic E-state index is 13.7. The Bertz CT molecular complexity index is 1250. The molecule has 0 spiro atoms.